The highest BCUT2D eigenvalue weighted by molar-refractivity contribution is 7.92. The van der Waals surface area contributed by atoms with Crippen molar-refractivity contribution in [1.29, 1.82) is 0 Å². The van der Waals surface area contributed by atoms with Gasteiger partial charge in [-0.3, -0.25) is 9.52 Å². The fraction of sp³-hybridized carbons (Fsp3) is 0.462. The van der Waals surface area contributed by atoms with Crippen molar-refractivity contribution in [2.24, 2.45) is 5.41 Å². The molecule has 0 unspecified atom stereocenters. The third kappa shape index (κ3) is 2.87. The zero-order chi connectivity index (χ0) is 15.1. The maximum Gasteiger partial charge on any atom is 0.235 e. The van der Waals surface area contributed by atoms with Crippen LogP contribution in [0.3, 0.4) is 0 Å². The van der Waals surface area contributed by atoms with E-state index in [-0.39, 0.29) is 12.5 Å². The number of hydrogen-bond donors (Lipinski definition) is 1. The normalized spacial score (nSPS) is 18.0. The molecule has 1 aliphatic rings. The van der Waals surface area contributed by atoms with Gasteiger partial charge >= 0.3 is 0 Å². The number of benzene rings is 1. The molecule has 1 N–H and O–H groups in total. The number of carbonyl (C=O) groups is 1. The summed E-state index contributed by atoms with van der Waals surface area (Å²) in [6.45, 7) is 3.91. The zero-order valence-electron chi connectivity index (χ0n) is 11.9. The Balaban J connectivity index is 2.44. The Kier molecular flexibility index (Phi) is 3.41. The average Bonchev–Trinajstić information content (AvgIpc) is 2.40. The minimum atomic E-state index is -3.36. The van der Waals surface area contributed by atoms with Crippen LogP contribution in [0.4, 0.5) is 11.4 Å². The maximum absolute atomic E-state index is 12.3. The lowest BCUT2D eigenvalue weighted by atomic mass is 9.93. The van der Waals surface area contributed by atoms with Gasteiger partial charge in [0, 0.05) is 7.05 Å². The third-order valence-electron chi connectivity index (χ3n) is 3.10. The van der Waals surface area contributed by atoms with Gasteiger partial charge in [0.2, 0.25) is 15.9 Å². The van der Waals surface area contributed by atoms with Gasteiger partial charge in [-0.25, -0.2) is 8.42 Å². The summed E-state index contributed by atoms with van der Waals surface area (Å²) in [4.78, 5) is 13.8. The molecule has 6 nitrogen and oxygen atoms in total. The van der Waals surface area contributed by atoms with E-state index in [1.807, 2.05) is 13.8 Å². The number of anilines is 2. The highest BCUT2D eigenvalue weighted by atomic mass is 32.2. The van der Waals surface area contributed by atoms with Gasteiger partial charge in [-0.05, 0) is 32.0 Å². The van der Waals surface area contributed by atoms with E-state index in [4.69, 9.17) is 4.74 Å². The molecule has 0 radical (unpaired) electrons. The van der Waals surface area contributed by atoms with E-state index in [0.29, 0.717) is 17.1 Å². The first-order chi connectivity index (χ1) is 9.10. The van der Waals surface area contributed by atoms with E-state index in [2.05, 4.69) is 4.72 Å². The quantitative estimate of drug-likeness (QED) is 0.896. The summed E-state index contributed by atoms with van der Waals surface area (Å²) in [5.41, 5.74) is 0.321. The Morgan fingerprint density at radius 1 is 1.35 bits per heavy atom. The first kappa shape index (κ1) is 14.6. The molecule has 0 saturated carbocycles. The standard InChI is InChI=1S/C13H18N2O4S/c1-13(2)8-19-11-6-5-9(14-20(4,17)18)7-10(11)15(3)12(13)16/h5-7,14H,8H2,1-4H3. The fourth-order valence-corrected chi connectivity index (χ4v) is 2.62. The van der Waals surface area contributed by atoms with Gasteiger partial charge in [-0.2, -0.15) is 0 Å². The molecule has 0 aromatic heterocycles. The van der Waals surface area contributed by atoms with Crippen molar-refractivity contribution < 1.29 is 17.9 Å². The van der Waals surface area contributed by atoms with Crippen LogP contribution < -0.4 is 14.4 Å². The van der Waals surface area contributed by atoms with Crippen molar-refractivity contribution >= 4 is 27.3 Å². The molecule has 0 spiro atoms. The van der Waals surface area contributed by atoms with E-state index in [1.54, 1.807) is 25.2 Å². The van der Waals surface area contributed by atoms with E-state index in [1.165, 1.54) is 4.90 Å². The lowest BCUT2D eigenvalue weighted by Crippen LogP contribution is -2.39. The highest BCUT2D eigenvalue weighted by Crippen LogP contribution is 2.37. The number of hydrogen-bond acceptors (Lipinski definition) is 4. The summed E-state index contributed by atoms with van der Waals surface area (Å²) in [6.07, 6.45) is 1.08. The van der Waals surface area contributed by atoms with Crippen LogP contribution in [0.25, 0.3) is 0 Å². The smallest absolute Gasteiger partial charge is 0.235 e. The van der Waals surface area contributed by atoms with Crippen molar-refractivity contribution in [3.8, 4) is 5.75 Å². The number of amides is 1. The van der Waals surface area contributed by atoms with Crippen molar-refractivity contribution in [2.75, 3.05) is 29.5 Å². The number of rotatable bonds is 2. The molecule has 0 bridgehead atoms. The molecule has 0 atom stereocenters. The van der Waals surface area contributed by atoms with E-state index in [0.717, 1.165) is 6.26 Å². The van der Waals surface area contributed by atoms with Crippen molar-refractivity contribution in [3.05, 3.63) is 18.2 Å². The highest BCUT2D eigenvalue weighted by Gasteiger charge is 2.36. The number of carbonyl (C=O) groups excluding carboxylic acids is 1. The fourth-order valence-electron chi connectivity index (χ4n) is 2.06. The number of ether oxygens (including phenoxy) is 1. The number of nitrogens with one attached hydrogen (secondary N) is 1. The van der Waals surface area contributed by atoms with Gasteiger partial charge in [-0.1, -0.05) is 0 Å². The number of nitrogens with zero attached hydrogens (tertiary/aromatic N) is 1. The summed E-state index contributed by atoms with van der Waals surface area (Å²) < 4.78 is 30.6. The van der Waals surface area contributed by atoms with Crippen LogP contribution in [0.15, 0.2) is 18.2 Å². The van der Waals surface area contributed by atoms with Crippen LogP contribution in [0.1, 0.15) is 13.8 Å². The molecular weight excluding hydrogens is 280 g/mol. The molecule has 1 aliphatic heterocycles. The first-order valence-electron chi connectivity index (χ1n) is 6.13. The molecule has 0 aliphatic carbocycles. The van der Waals surface area contributed by atoms with Crippen LogP contribution in [0.5, 0.6) is 5.75 Å². The van der Waals surface area contributed by atoms with E-state index < -0.39 is 15.4 Å². The van der Waals surface area contributed by atoms with Crippen LogP contribution in [0.2, 0.25) is 0 Å². The van der Waals surface area contributed by atoms with Crippen molar-refractivity contribution in [2.45, 2.75) is 13.8 Å². The van der Waals surface area contributed by atoms with Crippen LogP contribution in [0, 0.1) is 5.41 Å². The largest absolute Gasteiger partial charge is 0.490 e. The average molecular weight is 298 g/mol. The van der Waals surface area contributed by atoms with Gasteiger partial charge in [0.1, 0.15) is 12.4 Å². The van der Waals surface area contributed by atoms with Crippen LogP contribution in [-0.2, 0) is 14.8 Å². The minimum absolute atomic E-state index is 0.0762. The molecule has 1 heterocycles. The SMILES string of the molecule is CN1C(=O)C(C)(C)COc2ccc(NS(C)(=O)=O)cc21. The Hall–Kier alpha value is -1.76. The topological polar surface area (TPSA) is 75.7 Å². The molecule has 1 amide bonds. The zero-order valence-corrected chi connectivity index (χ0v) is 12.7. The summed E-state index contributed by atoms with van der Waals surface area (Å²) >= 11 is 0. The monoisotopic (exact) mass is 298 g/mol. The van der Waals surface area contributed by atoms with Gasteiger partial charge in [0.25, 0.3) is 0 Å². The molecule has 1 aromatic carbocycles. The van der Waals surface area contributed by atoms with E-state index in [9.17, 15) is 13.2 Å². The Morgan fingerprint density at radius 2 is 2.00 bits per heavy atom. The first-order valence-corrected chi connectivity index (χ1v) is 8.02. The van der Waals surface area contributed by atoms with Crippen molar-refractivity contribution in [1.82, 2.24) is 0 Å². The number of fused-ring (bicyclic) bond motifs is 1. The van der Waals surface area contributed by atoms with Gasteiger partial charge in [-0.15, -0.1) is 0 Å². The summed E-state index contributed by atoms with van der Waals surface area (Å²) in [5.74, 6) is 0.484. The van der Waals surface area contributed by atoms with Gasteiger partial charge in [0.05, 0.1) is 23.0 Å². The molecule has 20 heavy (non-hydrogen) atoms. The lowest BCUT2D eigenvalue weighted by molar-refractivity contribution is -0.127. The summed E-state index contributed by atoms with van der Waals surface area (Å²) in [5, 5.41) is 0. The maximum atomic E-state index is 12.3. The number of sulfonamides is 1. The second-order valence-corrected chi connectivity index (χ2v) is 7.34. The predicted molar refractivity (Wildman–Crippen MR) is 77.6 cm³/mol. The minimum Gasteiger partial charge on any atom is -0.490 e. The van der Waals surface area contributed by atoms with Crippen LogP contribution >= 0.6 is 0 Å². The van der Waals surface area contributed by atoms with Crippen LogP contribution in [-0.4, -0.2) is 34.2 Å². The third-order valence-corrected chi connectivity index (χ3v) is 3.70. The predicted octanol–water partition coefficient (Wildman–Crippen LogP) is 1.44. The Bertz CT molecular complexity index is 652. The molecule has 7 heteroatoms. The summed E-state index contributed by atoms with van der Waals surface area (Å²) in [7, 11) is -1.71. The molecular formula is C13H18N2O4S. The molecule has 110 valence electrons. The van der Waals surface area contributed by atoms with Gasteiger partial charge < -0.3 is 9.64 Å². The second kappa shape index (κ2) is 4.66. The lowest BCUT2D eigenvalue weighted by Gasteiger charge is -2.24. The Labute approximate surface area is 118 Å². The van der Waals surface area contributed by atoms with E-state index >= 15 is 0 Å². The summed E-state index contributed by atoms with van der Waals surface area (Å²) in [6, 6.07) is 4.86. The molecule has 0 saturated heterocycles. The second-order valence-electron chi connectivity index (χ2n) is 5.59. The molecule has 2 rings (SSSR count). The molecule has 1 aromatic rings. The van der Waals surface area contributed by atoms with Gasteiger partial charge in [0.15, 0.2) is 0 Å². The molecule has 0 fully saturated rings. The Morgan fingerprint density at radius 3 is 2.60 bits per heavy atom. The van der Waals surface area contributed by atoms with Crippen molar-refractivity contribution in [3.63, 3.8) is 0 Å².